The predicted octanol–water partition coefficient (Wildman–Crippen LogP) is 3.14. The zero-order valence-electron chi connectivity index (χ0n) is 10.0. The minimum Gasteiger partial charge on any atom is -0.304 e. The van der Waals surface area contributed by atoms with E-state index in [4.69, 9.17) is 12.2 Å². The maximum atomic E-state index is 5.21. The van der Waals surface area contributed by atoms with Crippen LogP contribution in [0, 0.1) is 4.77 Å². The van der Waals surface area contributed by atoms with Gasteiger partial charge in [0, 0.05) is 13.0 Å². The van der Waals surface area contributed by atoms with E-state index in [0.717, 1.165) is 36.4 Å². The number of H-pyrrole nitrogens is 1. The van der Waals surface area contributed by atoms with Crippen molar-refractivity contribution in [1.29, 1.82) is 0 Å². The van der Waals surface area contributed by atoms with Gasteiger partial charge in [-0.1, -0.05) is 37.3 Å². The maximum Gasteiger partial charge on any atom is 0.195 e. The molecule has 17 heavy (non-hydrogen) atoms. The lowest BCUT2D eigenvalue weighted by Crippen LogP contribution is -2.04. The first-order chi connectivity index (χ1) is 8.31. The molecule has 0 aliphatic heterocycles. The Balaban J connectivity index is 1.94. The van der Waals surface area contributed by atoms with Crippen molar-refractivity contribution in [3.05, 3.63) is 46.5 Å². The number of nitrogens with one attached hydrogen (secondary N) is 1. The molecule has 1 aromatic heterocycles. The minimum atomic E-state index is 0.731. The highest BCUT2D eigenvalue weighted by molar-refractivity contribution is 7.71. The number of rotatable bonds is 5. The molecular formula is C13H17N3S. The van der Waals surface area contributed by atoms with Crippen molar-refractivity contribution < 1.29 is 0 Å². The number of aromatic amines is 1. The third-order valence-corrected chi connectivity index (χ3v) is 3.16. The summed E-state index contributed by atoms with van der Waals surface area (Å²) in [6, 6.07) is 10.5. The van der Waals surface area contributed by atoms with E-state index in [0.29, 0.717) is 0 Å². The van der Waals surface area contributed by atoms with E-state index in [1.165, 1.54) is 5.56 Å². The minimum absolute atomic E-state index is 0.731. The van der Waals surface area contributed by atoms with Gasteiger partial charge in [0.2, 0.25) is 0 Å². The molecule has 0 aliphatic carbocycles. The Kier molecular flexibility index (Phi) is 4.09. The van der Waals surface area contributed by atoms with Crippen LogP contribution in [0.25, 0.3) is 0 Å². The lowest BCUT2D eigenvalue weighted by Gasteiger charge is -2.05. The topological polar surface area (TPSA) is 33.6 Å². The van der Waals surface area contributed by atoms with Gasteiger partial charge >= 0.3 is 0 Å². The molecule has 0 unspecified atom stereocenters. The van der Waals surface area contributed by atoms with Crippen molar-refractivity contribution in [2.45, 2.75) is 32.7 Å². The predicted molar refractivity (Wildman–Crippen MR) is 71.6 cm³/mol. The van der Waals surface area contributed by atoms with Crippen molar-refractivity contribution in [1.82, 2.24) is 14.8 Å². The average molecular weight is 247 g/mol. The largest absolute Gasteiger partial charge is 0.304 e. The van der Waals surface area contributed by atoms with E-state index >= 15 is 0 Å². The third-order valence-electron chi connectivity index (χ3n) is 2.84. The molecule has 2 aromatic rings. The summed E-state index contributed by atoms with van der Waals surface area (Å²) >= 11 is 5.21. The number of nitrogens with zero attached hydrogens (tertiary/aromatic N) is 2. The van der Waals surface area contributed by atoms with Crippen molar-refractivity contribution in [2.75, 3.05) is 0 Å². The average Bonchev–Trinajstić information content (AvgIpc) is 2.72. The summed E-state index contributed by atoms with van der Waals surface area (Å²) in [5, 5.41) is 7.06. The van der Waals surface area contributed by atoms with Crippen molar-refractivity contribution in [2.24, 2.45) is 0 Å². The van der Waals surface area contributed by atoms with Gasteiger partial charge in [-0.3, -0.25) is 5.10 Å². The zero-order chi connectivity index (χ0) is 12.1. The smallest absolute Gasteiger partial charge is 0.195 e. The monoisotopic (exact) mass is 247 g/mol. The van der Waals surface area contributed by atoms with Crippen molar-refractivity contribution >= 4 is 12.2 Å². The van der Waals surface area contributed by atoms with E-state index in [9.17, 15) is 0 Å². The number of aryl methyl sites for hydroxylation is 2. The highest BCUT2D eigenvalue weighted by Gasteiger charge is 2.03. The Bertz CT molecular complexity index is 513. The second-order valence-electron chi connectivity index (χ2n) is 4.04. The summed E-state index contributed by atoms with van der Waals surface area (Å²) in [7, 11) is 0. The number of hydrogen-bond donors (Lipinski definition) is 1. The first kappa shape index (κ1) is 12.0. The zero-order valence-corrected chi connectivity index (χ0v) is 10.8. The van der Waals surface area contributed by atoms with Crippen LogP contribution in [0.5, 0.6) is 0 Å². The molecule has 0 fully saturated rings. The van der Waals surface area contributed by atoms with Crippen LogP contribution in [0.3, 0.4) is 0 Å². The van der Waals surface area contributed by atoms with Crippen molar-refractivity contribution in [3.63, 3.8) is 0 Å². The van der Waals surface area contributed by atoms with E-state index in [-0.39, 0.29) is 0 Å². The molecule has 1 aromatic carbocycles. The highest BCUT2D eigenvalue weighted by Crippen LogP contribution is 2.06. The SMILES string of the molecule is CCc1n[nH]c(=S)n1CCCc1ccccc1. The molecule has 2 rings (SSSR count). The van der Waals surface area contributed by atoms with Crippen LogP contribution < -0.4 is 0 Å². The molecule has 3 nitrogen and oxygen atoms in total. The van der Waals surface area contributed by atoms with Gasteiger partial charge in [-0.25, -0.2) is 0 Å². The molecule has 0 radical (unpaired) electrons. The van der Waals surface area contributed by atoms with Gasteiger partial charge in [-0.2, -0.15) is 5.10 Å². The number of aromatic nitrogens is 3. The molecule has 0 saturated heterocycles. The Morgan fingerprint density at radius 3 is 2.76 bits per heavy atom. The lowest BCUT2D eigenvalue weighted by atomic mass is 10.1. The molecule has 0 saturated carbocycles. The van der Waals surface area contributed by atoms with Crippen LogP contribution >= 0.6 is 12.2 Å². The molecule has 1 heterocycles. The first-order valence-electron chi connectivity index (χ1n) is 5.99. The van der Waals surface area contributed by atoms with Gasteiger partial charge < -0.3 is 4.57 Å². The summed E-state index contributed by atoms with van der Waals surface area (Å²) in [5.41, 5.74) is 1.38. The normalized spacial score (nSPS) is 10.6. The molecule has 0 spiro atoms. The second kappa shape index (κ2) is 5.77. The number of hydrogen-bond acceptors (Lipinski definition) is 2. The Labute approximate surface area is 106 Å². The summed E-state index contributed by atoms with van der Waals surface area (Å²) < 4.78 is 2.83. The highest BCUT2D eigenvalue weighted by atomic mass is 32.1. The Hall–Kier alpha value is -1.42. The molecule has 0 bridgehead atoms. The van der Waals surface area contributed by atoms with Gasteiger partial charge in [-0.15, -0.1) is 0 Å². The summed E-state index contributed by atoms with van der Waals surface area (Å²) in [6.07, 6.45) is 3.08. The molecule has 0 atom stereocenters. The fourth-order valence-corrected chi connectivity index (χ4v) is 2.18. The summed E-state index contributed by atoms with van der Waals surface area (Å²) in [6.45, 7) is 3.03. The van der Waals surface area contributed by atoms with Crippen LogP contribution in [0.4, 0.5) is 0 Å². The first-order valence-corrected chi connectivity index (χ1v) is 6.40. The van der Waals surface area contributed by atoms with E-state index in [2.05, 4.69) is 46.0 Å². The lowest BCUT2D eigenvalue weighted by molar-refractivity contribution is 0.608. The van der Waals surface area contributed by atoms with E-state index < -0.39 is 0 Å². The van der Waals surface area contributed by atoms with E-state index in [1.54, 1.807) is 0 Å². The second-order valence-corrected chi connectivity index (χ2v) is 4.43. The standard InChI is InChI=1S/C13H17N3S/c1-2-12-14-15-13(17)16(12)10-6-9-11-7-4-3-5-8-11/h3-5,7-8H,2,6,9-10H2,1H3,(H,15,17). The van der Waals surface area contributed by atoms with Gasteiger partial charge in [0.25, 0.3) is 0 Å². The van der Waals surface area contributed by atoms with Crippen LogP contribution in [0.15, 0.2) is 30.3 Å². The summed E-state index contributed by atoms with van der Waals surface area (Å²) in [4.78, 5) is 0. The maximum absolute atomic E-state index is 5.21. The van der Waals surface area contributed by atoms with Crippen LogP contribution in [-0.4, -0.2) is 14.8 Å². The Morgan fingerprint density at radius 2 is 2.06 bits per heavy atom. The van der Waals surface area contributed by atoms with E-state index in [1.807, 2.05) is 6.07 Å². The quantitative estimate of drug-likeness (QED) is 0.824. The summed E-state index contributed by atoms with van der Waals surface area (Å²) in [5.74, 6) is 1.04. The van der Waals surface area contributed by atoms with Crippen LogP contribution in [0.1, 0.15) is 24.7 Å². The molecule has 0 aliphatic rings. The molecule has 90 valence electrons. The van der Waals surface area contributed by atoms with Crippen molar-refractivity contribution in [3.8, 4) is 0 Å². The van der Waals surface area contributed by atoms with Gasteiger partial charge in [0.15, 0.2) is 4.77 Å². The van der Waals surface area contributed by atoms with Gasteiger partial charge in [0.05, 0.1) is 0 Å². The Morgan fingerprint density at radius 1 is 1.29 bits per heavy atom. The van der Waals surface area contributed by atoms with Crippen LogP contribution in [0.2, 0.25) is 0 Å². The van der Waals surface area contributed by atoms with Gasteiger partial charge in [-0.05, 0) is 30.6 Å². The number of benzene rings is 1. The fourth-order valence-electron chi connectivity index (χ4n) is 1.94. The fraction of sp³-hybridized carbons (Fsp3) is 0.385. The molecule has 4 heteroatoms. The molecule has 0 amide bonds. The third kappa shape index (κ3) is 3.03. The molecule has 1 N–H and O–H groups in total. The van der Waals surface area contributed by atoms with Crippen LogP contribution in [-0.2, 0) is 19.4 Å². The van der Waals surface area contributed by atoms with Gasteiger partial charge in [0.1, 0.15) is 5.82 Å². The molecular weight excluding hydrogens is 230 g/mol.